The van der Waals surface area contributed by atoms with Crippen molar-refractivity contribution in [2.24, 2.45) is 0 Å². The summed E-state index contributed by atoms with van der Waals surface area (Å²) in [5.74, 6) is 0.368. The van der Waals surface area contributed by atoms with Crippen LogP contribution in [0.3, 0.4) is 0 Å². The van der Waals surface area contributed by atoms with E-state index in [1.165, 1.54) is 25.3 Å². The Hall–Kier alpha value is -4.64. The fourth-order valence-corrected chi connectivity index (χ4v) is 3.16. The Morgan fingerprint density at radius 1 is 1.12 bits per heavy atom. The van der Waals surface area contributed by atoms with Crippen molar-refractivity contribution in [3.8, 4) is 17.6 Å². The van der Waals surface area contributed by atoms with Gasteiger partial charge in [-0.2, -0.15) is 5.26 Å². The predicted molar refractivity (Wildman–Crippen MR) is 129 cm³/mol. The van der Waals surface area contributed by atoms with Crippen molar-refractivity contribution in [3.05, 3.63) is 98.6 Å². The molecule has 0 aliphatic rings. The van der Waals surface area contributed by atoms with Gasteiger partial charge < -0.3 is 14.8 Å². The van der Waals surface area contributed by atoms with Crippen LogP contribution in [0.25, 0.3) is 6.08 Å². The molecule has 3 aromatic rings. The number of carbonyl (C=O) groups is 1. The monoisotopic (exact) mass is 457 g/mol. The third-order valence-corrected chi connectivity index (χ3v) is 5.26. The lowest BCUT2D eigenvalue weighted by atomic mass is 10.1. The third-order valence-electron chi connectivity index (χ3n) is 5.26. The van der Waals surface area contributed by atoms with Gasteiger partial charge in [0.15, 0.2) is 11.5 Å². The normalized spacial score (nSPS) is 10.8. The number of hydrogen-bond donors (Lipinski definition) is 1. The molecule has 34 heavy (non-hydrogen) atoms. The Balaban J connectivity index is 1.75. The first kappa shape index (κ1) is 24.0. The molecular formula is C26H23N3O5. The van der Waals surface area contributed by atoms with E-state index in [0.29, 0.717) is 22.7 Å². The minimum Gasteiger partial charge on any atom is -0.493 e. The van der Waals surface area contributed by atoms with Crippen molar-refractivity contribution in [1.29, 1.82) is 5.26 Å². The average Bonchev–Trinajstić information content (AvgIpc) is 2.84. The summed E-state index contributed by atoms with van der Waals surface area (Å²) in [7, 11) is 1.49. The number of methoxy groups -OCH3 is 1. The lowest BCUT2D eigenvalue weighted by molar-refractivity contribution is -0.384. The van der Waals surface area contributed by atoms with Crippen LogP contribution >= 0.6 is 0 Å². The van der Waals surface area contributed by atoms with E-state index >= 15 is 0 Å². The zero-order chi connectivity index (χ0) is 24.7. The SMILES string of the molecule is COc1cc(/C=C(/C#N)C(=O)Nc2cccc(C)c2C)ccc1OCc1ccc([N+](=O)[O-])cc1. The first-order chi connectivity index (χ1) is 16.3. The average molecular weight is 457 g/mol. The summed E-state index contributed by atoms with van der Waals surface area (Å²) in [6.07, 6.45) is 1.48. The molecular weight excluding hydrogens is 434 g/mol. The summed E-state index contributed by atoms with van der Waals surface area (Å²) in [6.45, 7) is 4.04. The highest BCUT2D eigenvalue weighted by atomic mass is 16.6. The molecule has 0 unspecified atom stereocenters. The standard InChI is InChI=1S/C26H23N3O5/c1-17-5-4-6-23(18(17)2)28-26(30)21(15-27)13-20-9-12-24(25(14-20)33-3)34-16-19-7-10-22(11-8-19)29(31)32/h4-14H,16H2,1-3H3,(H,28,30)/b21-13-. The molecule has 1 N–H and O–H groups in total. The second kappa shape index (κ2) is 10.8. The molecule has 0 aliphatic carbocycles. The maximum atomic E-state index is 12.7. The van der Waals surface area contributed by atoms with Crippen molar-refractivity contribution in [3.63, 3.8) is 0 Å². The Kier molecular flexibility index (Phi) is 7.62. The molecule has 3 rings (SSSR count). The maximum Gasteiger partial charge on any atom is 0.269 e. The summed E-state index contributed by atoms with van der Waals surface area (Å²) in [5.41, 5.74) is 3.92. The molecule has 0 bridgehead atoms. The number of amides is 1. The molecule has 3 aromatic carbocycles. The Bertz CT molecular complexity index is 1290. The molecule has 8 heteroatoms. The number of aryl methyl sites for hydroxylation is 1. The molecule has 0 atom stereocenters. The van der Waals surface area contributed by atoms with Crippen molar-refractivity contribution < 1.29 is 19.2 Å². The zero-order valence-electron chi connectivity index (χ0n) is 19.0. The number of carbonyl (C=O) groups excluding carboxylic acids is 1. The van der Waals surface area contributed by atoms with Crippen molar-refractivity contribution in [1.82, 2.24) is 0 Å². The van der Waals surface area contributed by atoms with Gasteiger partial charge >= 0.3 is 0 Å². The van der Waals surface area contributed by atoms with Gasteiger partial charge in [0, 0.05) is 17.8 Å². The quantitative estimate of drug-likeness (QED) is 0.211. The highest BCUT2D eigenvalue weighted by Gasteiger charge is 2.13. The Labute approximate surface area is 197 Å². The number of nitriles is 1. The number of non-ortho nitro benzene ring substituents is 1. The minimum atomic E-state index is -0.506. The van der Waals surface area contributed by atoms with Gasteiger partial charge in [-0.25, -0.2) is 0 Å². The van der Waals surface area contributed by atoms with Gasteiger partial charge in [0.1, 0.15) is 18.2 Å². The largest absolute Gasteiger partial charge is 0.493 e. The number of ether oxygens (including phenoxy) is 2. The summed E-state index contributed by atoms with van der Waals surface area (Å²) >= 11 is 0. The Morgan fingerprint density at radius 2 is 1.85 bits per heavy atom. The summed E-state index contributed by atoms with van der Waals surface area (Å²) in [6, 6.07) is 18.6. The van der Waals surface area contributed by atoms with E-state index in [0.717, 1.165) is 16.7 Å². The molecule has 8 nitrogen and oxygen atoms in total. The predicted octanol–water partition coefficient (Wildman–Crippen LogP) is 5.34. The van der Waals surface area contributed by atoms with Crippen molar-refractivity contribution >= 4 is 23.4 Å². The van der Waals surface area contributed by atoms with Crippen LogP contribution in [0.5, 0.6) is 11.5 Å². The van der Waals surface area contributed by atoms with Crippen LogP contribution in [-0.4, -0.2) is 17.9 Å². The smallest absolute Gasteiger partial charge is 0.269 e. The van der Waals surface area contributed by atoms with Crippen LogP contribution in [0, 0.1) is 35.3 Å². The molecule has 0 saturated heterocycles. The van der Waals surface area contributed by atoms with Crippen molar-refractivity contribution in [2.45, 2.75) is 20.5 Å². The zero-order valence-corrected chi connectivity index (χ0v) is 19.0. The molecule has 0 heterocycles. The van der Waals surface area contributed by atoms with Gasteiger partial charge in [0.05, 0.1) is 12.0 Å². The topological polar surface area (TPSA) is 114 Å². The van der Waals surface area contributed by atoms with Crippen molar-refractivity contribution in [2.75, 3.05) is 12.4 Å². The second-order valence-corrected chi connectivity index (χ2v) is 7.49. The summed E-state index contributed by atoms with van der Waals surface area (Å²) in [4.78, 5) is 23.0. The molecule has 0 aromatic heterocycles. The number of nitro groups is 1. The van der Waals surface area contributed by atoms with E-state index < -0.39 is 10.8 Å². The summed E-state index contributed by atoms with van der Waals surface area (Å²) in [5, 5.41) is 23.1. The minimum absolute atomic E-state index is 0.00682. The van der Waals surface area contributed by atoms with Crippen LogP contribution in [0.15, 0.2) is 66.2 Å². The van der Waals surface area contributed by atoms with Crippen LogP contribution in [0.1, 0.15) is 22.3 Å². The molecule has 0 spiro atoms. The van der Waals surface area contributed by atoms with Crippen LogP contribution in [0.4, 0.5) is 11.4 Å². The van der Waals surface area contributed by atoms with Gasteiger partial charge in [-0.3, -0.25) is 14.9 Å². The number of benzene rings is 3. The van der Waals surface area contributed by atoms with Crippen LogP contribution in [0.2, 0.25) is 0 Å². The fraction of sp³-hybridized carbons (Fsp3) is 0.154. The third kappa shape index (κ3) is 5.78. The molecule has 172 valence electrons. The first-order valence-corrected chi connectivity index (χ1v) is 10.4. The van der Waals surface area contributed by atoms with E-state index in [1.807, 2.05) is 32.0 Å². The van der Waals surface area contributed by atoms with E-state index in [-0.39, 0.29) is 17.9 Å². The van der Waals surface area contributed by atoms with Gasteiger partial charge in [-0.15, -0.1) is 0 Å². The summed E-state index contributed by atoms with van der Waals surface area (Å²) < 4.78 is 11.2. The molecule has 0 radical (unpaired) electrons. The first-order valence-electron chi connectivity index (χ1n) is 10.4. The van der Waals surface area contributed by atoms with Gasteiger partial charge in [-0.1, -0.05) is 18.2 Å². The highest BCUT2D eigenvalue weighted by molar-refractivity contribution is 6.10. The number of anilines is 1. The highest BCUT2D eigenvalue weighted by Crippen LogP contribution is 2.30. The number of nitrogens with zero attached hydrogens (tertiary/aromatic N) is 2. The van der Waals surface area contributed by atoms with E-state index in [4.69, 9.17) is 9.47 Å². The number of hydrogen-bond acceptors (Lipinski definition) is 6. The van der Waals surface area contributed by atoms with Crippen LogP contribution < -0.4 is 14.8 Å². The van der Waals surface area contributed by atoms with E-state index in [9.17, 15) is 20.2 Å². The van der Waals surface area contributed by atoms with Crippen LogP contribution in [-0.2, 0) is 11.4 Å². The lowest BCUT2D eigenvalue weighted by Gasteiger charge is -2.12. The fourth-order valence-electron chi connectivity index (χ4n) is 3.16. The lowest BCUT2D eigenvalue weighted by Crippen LogP contribution is -2.14. The molecule has 1 amide bonds. The Morgan fingerprint density at radius 3 is 2.50 bits per heavy atom. The van der Waals surface area contributed by atoms with Gasteiger partial charge in [0.25, 0.3) is 11.6 Å². The van der Waals surface area contributed by atoms with E-state index in [2.05, 4.69) is 5.32 Å². The molecule has 0 saturated carbocycles. The molecule has 0 fully saturated rings. The molecule has 0 aliphatic heterocycles. The number of nitrogens with one attached hydrogen (secondary N) is 1. The number of nitro benzene ring substituents is 1. The second-order valence-electron chi connectivity index (χ2n) is 7.49. The van der Waals surface area contributed by atoms with E-state index in [1.54, 1.807) is 36.4 Å². The van der Waals surface area contributed by atoms with Gasteiger partial charge in [0.2, 0.25) is 0 Å². The maximum absolute atomic E-state index is 12.7. The van der Waals surface area contributed by atoms with Gasteiger partial charge in [-0.05, 0) is 72.5 Å². The number of rotatable bonds is 8.